The third-order valence-corrected chi connectivity index (χ3v) is 4.60. The van der Waals surface area contributed by atoms with Crippen molar-refractivity contribution < 1.29 is 9.59 Å². The van der Waals surface area contributed by atoms with Crippen LogP contribution >= 0.6 is 0 Å². The van der Waals surface area contributed by atoms with Gasteiger partial charge in [0.2, 0.25) is 5.91 Å². The minimum absolute atomic E-state index is 0.0329. The van der Waals surface area contributed by atoms with Crippen molar-refractivity contribution in [3.05, 3.63) is 59.8 Å². The first-order valence-electron chi connectivity index (χ1n) is 7.26. The number of carbonyl (C=O) groups excluding carboxylic acids is 2. The van der Waals surface area contributed by atoms with Crippen LogP contribution in [0.4, 0.5) is 0 Å². The predicted octanol–water partition coefficient (Wildman–Crippen LogP) is 3.20. The van der Waals surface area contributed by atoms with Crippen LogP contribution in [0.3, 0.4) is 0 Å². The molecule has 1 aromatic rings. The Hall–Kier alpha value is -2.16. The summed E-state index contributed by atoms with van der Waals surface area (Å²) in [6, 6.07) is 9.29. The quantitative estimate of drug-likeness (QED) is 0.616. The van der Waals surface area contributed by atoms with E-state index >= 15 is 0 Å². The first-order valence-corrected chi connectivity index (χ1v) is 7.26. The van der Waals surface area contributed by atoms with Gasteiger partial charge >= 0.3 is 0 Å². The number of Topliss-reactive ketones (excluding diaryl/α,β-unsaturated/α-hetero) is 1. The fraction of sp³-hybridized carbons (Fsp3) is 0.333. The molecule has 3 heteroatoms. The lowest BCUT2D eigenvalue weighted by Crippen LogP contribution is -2.49. The first kappa shape index (κ1) is 13.8. The molecule has 0 radical (unpaired) electrons. The van der Waals surface area contributed by atoms with Gasteiger partial charge in [-0.1, -0.05) is 48.1 Å². The fourth-order valence-corrected chi connectivity index (χ4v) is 3.42. The molecule has 21 heavy (non-hydrogen) atoms. The average Bonchev–Trinajstić information content (AvgIpc) is 2.51. The Morgan fingerprint density at radius 2 is 2.00 bits per heavy atom. The number of hydrogen-bond donors (Lipinski definition) is 0. The number of amides is 1. The molecule has 3 nitrogen and oxygen atoms in total. The number of ketones is 1. The SMILES string of the molecule is CC1=CC[C@H]2C(=O)N(C)C=C[C@]2(C(=O)c2ccccc2)C1. The van der Waals surface area contributed by atoms with Gasteiger partial charge in [0.1, 0.15) is 0 Å². The van der Waals surface area contributed by atoms with E-state index in [2.05, 4.69) is 6.08 Å². The molecular formula is C18H19NO2. The van der Waals surface area contributed by atoms with Crippen LogP contribution in [0.5, 0.6) is 0 Å². The molecular weight excluding hydrogens is 262 g/mol. The minimum Gasteiger partial charge on any atom is -0.322 e. The van der Waals surface area contributed by atoms with Crippen LogP contribution in [0.2, 0.25) is 0 Å². The van der Waals surface area contributed by atoms with E-state index in [-0.39, 0.29) is 17.6 Å². The van der Waals surface area contributed by atoms with Crippen LogP contribution in [0, 0.1) is 11.3 Å². The lowest BCUT2D eigenvalue weighted by atomic mass is 9.61. The molecule has 0 spiro atoms. The number of allylic oxidation sites excluding steroid dienone is 3. The summed E-state index contributed by atoms with van der Waals surface area (Å²) in [5, 5.41) is 0. The molecule has 0 saturated carbocycles. The van der Waals surface area contributed by atoms with E-state index in [9.17, 15) is 9.59 Å². The second-order valence-corrected chi connectivity index (χ2v) is 6.02. The zero-order chi connectivity index (χ0) is 15.0. The van der Waals surface area contributed by atoms with Crippen molar-refractivity contribution in [2.24, 2.45) is 11.3 Å². The van der Waals surface area contributed by atoms with Crippen LogP contribution in [-0.2, 0) is 4.79 Å². The highest BCUT2D eigenvalue weighted by Gasteiger charge is 2.50. The predicted molar refractivity (Wildman–Crippen MR) is 81.6 cm³/mol. The van der Waals surface area contributed by atoms with Gasteiger partial charge in [0, 0.05) is 18.8 Å². The van der Waals surface area contributed by atoms with E-state index in [4.69, 9.17) is 0 Å². The number of hydrogen-bond acceptors (Lipinski definition) is 2. The lowest BCUT2D eigenvalue weighted by Gasteiger charge is -2.43. The number of nitrogens with zero attached hydrogens (tertiary/aromatic N) is 1. The highest BCUT2D eigenvalue weighted by Crippen LogP contribution is 2.47. The van der Waals surface area contributed by atoms with Gasteiger partial charge in [-0.05, 0) is 19.8 Å². The van der Waals surface area contributed by atoms with Gasteiger partial charge < -0.3 is 4.90 Å². The second-order valence-electron chi connectivity index (χ2n) is 6.02. The van der Waals surface area contributed by atoms with Crippen LogP contribution in [0.25, 0.3) is 0 Å². The Labute approximate surface area is 125 Å². The Morgan fingerprint density at radius 1 is 1.29 bits per heavy atom. The van der Waals surface area contributed by atoms with E-state index in [0.717, 1.165) is 0 Å². The van der Waals surface area contributed by atoms with Crippen LogP contribution in [0.1, 0.15) is 30.1 Å². The summed E-state index contributed by atoms with van der Waals surface area (Å²) in [5.74, 6) is -0.201. The summed E-state index contributed by atoms with van der Waals surface area (Å²) in [5.41, 5.74) is 1.14. The molecule has 1 heterocycles. The maximum absolute atomic E-state index is 13.1. The van der Waals surface area contributed by atoms with Crippen molar-refractivity contribution in [1.29, 1.82) is 0 Å². The Morgan fingerprint density at radius 3 is 2.71 bits per heavy atom. The number of carbonyl (C=O) groups is 2. The standard InChI is InChI=1S/C18H19NO2/c1-13-8-9-15-17(21)19(2)11-10-18(15,12-13)16(20)14-6-4-3-5-7-14/h3-8,10-11,15H,9,12H2,1-2H3/t15-,18-/m0/s1. The minimum atomic E-state index is -0.718. The van der Waals surface area contributed by atoms with Gasteiger partial charge in [0.25, 0.3) is 0 Å². The van der Waals surface area contributed by atoms with Gasteiger partial charge in [0.05, 0.1) is 11.3 Å². The van der Waals surface area contributed by atoms with Crippen LogP contribution in [-0.4, -0.2) is 23.6 Å². The molecule has 2 aliphatic rings. The Kier molecular flexibility index (Phi) is 3.28. The van der Waals surface area contributed by atoms with Crippen molar-refractivity contribution in [3.8, 4) is 0 Å². The summed E-state index contributed by atoms with van der Waals surface area (Å²) < 4.78 is 0. The summed E-state index contributed by atoms with van der Waals surface area (Å²) in [6.45, 7) is 2.03. The van der Waals surface area contributed by atoms with Crippen molar-refractivity contribution in [1.82, 2.24) is 4.90 Å². The fourth-order valence-electron chi connectivity index (χ4n) is 3.42. The van der Waals surface area contributed by atoms with Crippen molar-refractivity contribution >= 4 is 11.7 Å². The van der Waals surface area contributed by atoms with Gasteiger partial charge in [-0.2, -0.15) is 0 Å². The third-order valence-electron chi connectivity index (χ3n) is 4.60. The normalized spacial score (nSPS) is 28.1. The monoisotopic (exact) mass is 281 g/mol. The van der Waals surface area contributed by atoms with Gasteiger partial charge in [-0.25, -0.2) is 0 Å². The van der Waals surface area contributed by atoms with Crippen molar-refractivity contribution in [2.45, 2.75) is 19.8 Å². The van der Waals surface area contributed by atoms with Gasteiger partial charge in [0.15, 0.2) is 5.78 Å². The van der Waals surface area contributed by atoms with E-state index in [1.54, 1.807) is 18.1 Å². The van der Waals surface area contributed by atoms with Gasteiger partial charge in [-0.15, -0.1) is 0 Å². The number of fused-ring (bicyclic) bond motifs is 1. The van der Waals surface area contributed by atoms with E-state index in [0.29, 0.717) is 18.4 Å². The molecule has 1 aliphatic carbocycles. The van der Waals surface area contributed by atoms with Crippen molar-refractivity contribution in [2.75, 3.05) is 7.05 Å². The highest BCUT2D eigenvalue weighted by molar-refractivity contribution is 6.05. The smallest absolute Gasteiger partial charge is 0.231 e. The summed E-state index contributed by atoms with van der Waals surface area (Å²) >= 11 is 0. The molecule has 2 atom stereocenters. The molecule has 108 valence electrons. The van der Waals surface area contributed by atoms with Crippen molar-refractivity contribution in [3.63, 3.8) is 0 Å². The number of benzene rings is 1. The molecule has 0 N–H and O–H groups in total. The summed E-state index contributed by atoms with van der Waals surface area (Å²) in [6.07, 6.45) is 7.04. The molecule has 0 fully saturated rings. The highest BCUT2D eigenvalue weighted by atomic mass is 16.2. The molecule has 1 aliphatic heterocycles. The number of rotatable bonds is 2. The third kappa shape index (κ3) is 2.13. The summed E-state index contributed by atoms with van der Waals surface area (Å²) in [7, 11) is 1.75. The molecule has 0 bridgehead atoms. The largest absolute Gasteiger partial charge is 0.322 e. The second kappa shape index (κ2) is 4.99. The topological polar surface area (TPSA) is 37.4 Å². The van der Waals surface area contributed by atoms with E-state index < -0.39 is 5.41 Å². The zero-order valence-corrected chi connectivity index (χ0v) is 12.4. The Balaban J connectivity index is 2.10. The van der Waals surface area contributed by atoms with Gasteiger partial charge in [-0.3, -0.25) is 9.59 Å². The zero-order valence-electron chi connectivity index (χ0n) is 12.4. The molecule has 0 unspecified atom stereocenters. The maximum Gasteiger partial charge on any atom is 0.231 e. The van der Waals surface area contributed by atoms with E-state index in [1.807, 2.05) is 43.3 Å². The Bertz CT molecular complexity index is 644. The summed E-state index contributed by atoms with van der Waals surface area (Å²) in [4.78, 5) is 27.2. The molecule has 0 saturated heterocycles. The van der Waals surface area contributed by atoms with Crippen LogP contribution in [0.15, 0.2) is 54.3 Å². The molecule has 0 aromatic heterocycles. The first-order chi connectivity index (χ1) is 10.0. The molecule has 1 amide bonds. The molecule has 3 rings (SSSR count). The maximum atomic E-state index is 13.1. The average molecular weight is 281 g/mol. The van der Waals surface area contributed by atoms with E-state index in [1.165, 1.54) is 5.57 Å². The lowest BCUT2D eigenvalue weighted by molar-refractivity contribution is -0.135. The molecule has 1 aromatic carbocycles. The van der Waals surface area contributed by atoms with Crippen LogP contribution < -0.4 is 0 Å².